The quantitative estimate of drug-likeness (QED) is 0.199. The van der Waals surface area contributed by atoms with Crippen LogP contribution in [0.4, 0.5) is 0 Å². The molecule has 0 aromatic heterocycles. The first-order chi connectivity index (χ1) is 24.0. The molecule has 53 heavy (non-hydrogen) atoms. The van der Waals surface area contributed by atoms with E-state index >= 15 is 0 Å². The predicted molar refractivity (Wildman–Crippen MR) is 210 cm³/mol. The normalized spacial score (nSPS) is 44.3. The van der Waals surface area contributed by atoms with Crippen LogP contribution in [-0.4, -0.2) is 80.0 Å². The van der Waals surface area contributed by atoms with E-state index < -0.39 is 15.3 Å². The van der Waals surface area contributed by atoms with Crippen LogP contribution in [0, 0.1) is 56.7 Å². The molecule has 4 saturated carbocycles. The molecule has 7 nitrogen and oxygen atoms in total. The molecule has 294 valence electrons. The molecular weight excluding hydrogens is 708 g/mol. The van der Waals surface area contributed by atoms with Crippen LogP contribution in [0.5, 0.6) is 0 Å². The molecule has 5 fully saturated rings. The second-order valence-electron chi connectivity index (χ2n) is 20.1. The van der Waals surface area contributed by atoms with Crippen molar-refractivity contribution in [3.8, 4) is 0 Å². The molecule has 1 unspecified atom stereocenters. The molecule has 3 N–H and O–H groups in total. The molecular formula is C44H70KN2O5S-. The van der Waals surface area contributed by atoms with Crippen molar-refractivity contribution in [1.82, 2.24) is 10.2 Å². The molecule has 7 aliphatic rings. The minimum absolute atomic E-state index is 0. The monoisotopic (exact) mass is 777 g/mol. The summed E-state index contributed by atoms with van der Waals surface area (Å²) in [6.07, 6.45) is 21.6. The van der Waals surface area contributed by atoms with E-state index in [0.29, 0.717) is 77.9 Å². The summed E-state index contributed by atoms with van der Waals surface area (Å²) in [4.78, 5) is 14.3. The Kier molecular flexibility index (Phi) is 13.3. The summed E-state index contributed by atoms with van der Waals surface area (Å²) < 4.78 is 24.1. The Labute approximate surface area is 365 Å². The van der Waals surface area contributed by atoms with Crippen LogP contribution in [0.1, 0.15) is 125 Å². The molecule has 0 aromatic rings. The summed E-state index contributed by atoms with van der Waals surface area (Å²) in [6.45, 7) is 23.3. The van der Waals surface area contributed by atoms with Crippen molar-refractivity contribution in [2.75, 3.05) is 44.3 Å². The Hall–Kier alpha value is 0.316. The van der Waals surface area contributed by atoms with Crippen LogP contribution in [0.2, 0.25) is 0 Å². The number of sulfone groups is 1. The third kappa shape index (κ3) is 7.23. The molecule has 0 amide bonds. The molecule has 1 aliphatic heterocycles. The van der Waals surface area contributed by atoms with Gasteiger partial charge in [0.05, 0.1) is 11.5 Å². The van der Waals surface area contributed by atoms with Crippen LogP contribution in [-0.2, 0) is 14.6 Å². The minimum atomic E-state index is -2.86. The summed E-state index contributed by atoms with van der Waals surface area (Å²) in [5, 5.41) is 13.8. The van der Waals surface area contributed by atoms with Crippen LogP contribution >= 0.6 is 0 Å². The molecule has 0 bridgehead atoms. The van der Waals surface area contributed by atoms with Crippen molar-refractivity contribution in [2.24, 2.45) is 56.7 Å². The van der Waals surface area contributed by atoms with Gasteiger partial charge in [-0.1, -0.05) is 71.8 Å². The van der Waals surface area contributed by atoms with E-state index in [1.165, 1.54) is 68.1 Å². The summed E-state index contributed by atoms with van der Waals surface area (Å²) >= 11 is 0. The molecule has 6 aliphatic carbocycles. The zero-order valence-electron chi connectivity index (χ0n) is 34.4. The fourth-order valence-corrected chi connectivity index (χ4v) is 16.0. The van der Waals surface area contributed by atoms with Gasteiger partial charge in [0.15, 0.2) is 9.84 Å². The van der Waals surface area contributed by atoms with E-state index in [4.69, 9.17) is 0 Å². The van der Waals surface area contributed by atoms with Gasteiger partial charge in [0.25, 0.3) is 0 Å². The summed E-state index contributed by atoms with van der Waals surface area (Å²) in [7, 11) is -2.86. The first-order valence-electron chi connectivity index (χ1n) is 20.7. The molecule has 0 aromatic carbocycles. The second kappa shape index (κ2) is 15.8. The first kappa shape index (κ1) is 44.4. The maximum atomic E-state index is 12.0. The second-order valence-corrected chi connectivity index (χ2v) is 22.4. The molecule has 1 saturated heterocycles. The van der Waals surface area contributed by atoms with Gasteiger partial charge in [-0.15, -0.1) is 5.41 Å². The van der Waals surface area contributed by atoms with Crippen molar-refractivity contribution in [3.05, 3.63) is 35.5 Å². The van der Waals surface area contributed by atoms with Crippen LogP contribution in [0.25, 0.3) is 0 Å². The van der Waals surface area contributed by atoms with Crippen LogP contribution in [0.3, 0.4) is 0 Å². The zero-order chi connectivity index (χ0) is 36.7. The Bertz CT molecular complexity index is 1560. The number of hydrogen-bond acceptors (Lipinski definition) is 7. The van der Waals surface area contributed by atoms with E-state index in [1.54, 1.807) is 0 Å². The number of fused-ring (bicyclic) bond motifs is 7. The largest absolute Gasteiger partial charge is 1.00 e. The molecule has 7 rings (SSSR count). The van der Waals surface area contributed by atoms with Crippen LogP contribution in [0.15, 0.2) is 35.5 Å². The number of carbonyl (C=O) groups excluding carboxylic acids is 1. The molecule has 0 radical (unpaired) electrons. The Morgan fingerprint density at radius 1 is 0.943 bits per heavy atom. The van der Waals surface area contributed by atoms with Gasteiger partial charge in [-0.2, -0.15) is 0 Å². The average molecular weight is 778 g/mol. The first-order valence-corrected chi connectivity index (χ1v) is 22.6. The molecule has 9 heteroatoms. The smallest absolute Gasteiger partial charge is 0.870 e. The fourth-order valence-electron chi connectivity index (χ4n) is 14.8. The van der Waals surface area contributed by atoms with Gasteiger partial charge in [0.2, 0.25) is 0 Å². The SMILES string of the molecule is C=C(C)[C@@H]1CC[C@]2(NCCN3CCS(=O)(=O)CC3)CC[C@]3(C)[C@H](CC[C@@H]4[C@@]5(C)CC=C(C6=CCC([C-]=O)(CCO)CC6)C(C)(C)[C@@H]5CC[C@]43C)[C@@H]12.[K+].[OH-]. The van der Waals surface area contributed by atoms with Crippen molar-refractivity contribution in [1.29, 1.82) is 0 Å². The number of nitrogens with one attached hydrogen (secondary N) is 1. The van der Waals surface area contributed by atoms with Gasteiger partial charge in [0.1, 0.15) is 0 Å². The van der Waals surface area contributed by atoms with E-state index in [0.717, 1.165) is 32.4 Å². The number of hydrogen-bond donors (Lipinski definition) is 2. The molecule has 10 atom stereocenters. The number of rotatable bonds is 9. The maximum absolute atomic E-state index is 12.0. The fraction of sp³-hybridized carbons (Fsp3) is 0.841. The standard InChI is InChI=1S/C44H69N2O4S.K.H2O/c1-31(2)33-12-19-44(45-23-24-46-25-28-51(49,50)29-26-46)21-20-41(6)35(38(33)44)8-9-37-40(5)15-13-34(39(3,4)36(40)14-16-42(37,41)7)32-10-17-43(30-48,18-11-32)22-27-47;;/h10,13,33,35-38,45,47H,1,8-9,11-12,14-29H2,2-7H3;;1H2/q-1;+1;/p-1/t33-,35+,36-,37+,38+,40-,41+,42+,43?,44-;;/m0../s1. The van der Waals surface area contributed by atoms with Crippen molar-refractivity contribution < 1.29 is 75.2 Å². The van der Waals surface area contributed by atoms with Gasteiger partial charge in [-0.3, -0.25) is 6.29 Å². The molecule has 0 spiro atoms. The minimum Gasteiger partial charge on any atom is -0.870 e. The number of nitrogens with zero attached hydrogens (tertiary/aromatic N) is 1. The van der Waals surface area contributed by atoms with Crippen molar-refractivity contribution in [3.63, 3.8) is 0 Å². The van der Waals surface area contributed by atoms with Crippen LogP contribution < -0.4 is 56.7 Å². The number of aliphatic hydroxyl groups is 1. The number of aliphatic hydroxyl groups excluding tert-OH is 1. The van der Waals surface area contributed by atoms with Gasteiger partial charge >= 0.3 is 51.4 Å². The van der Waals surface area contributed by atoms with Gasteiger partial charge in [-0.05, 0) is 140 Å². The summed E-state index contributed by atoms with van der Waals surface area (Å²) in [6, 6.07) is 0. The van der Waals surface area contributed by atoms with E-state index in [1.807, 2.05) is 0 Å². The van der Waals surface area contributed by atoms with E-state index in [2.05, 4.69) is 76.8 Å². The summed E-state index contributed by atoms with van der Waals surface area (Å²) in [5.74, 6) is 3.82. The average Bonchev–Trinajstić information content (AvgIpc) is 3.46. The van der Waals surface area contributed by atoms with E-state index in [9.17, 15) is 18.3 Å². The van der Waals surface area contributed by atoms with Gasteiger partial charge in [-0.25, -0.2) is 8.42 Å². The topological polar surface area (TPSA) is 117 Å². The predicted octanol–water partition coefficient (Wildman–Crippen LogP) is 4.67. The van der Waals surface area contributed by atoms with Crippen molar-refractivity contribution >= 4 is 16.1 Å². The third-order valence-electron chi connectivity index (χ3n) is 17.8. The van der Waals surface area contributed by atoms with Gasteiger partial charge in [0, 0.05) is 38.3 Å². The van der Waals surface area contributed by atoms with Crippen molar-refractivity contribution in [2.45, 2.75) is 131 Å². The Balaban J connectivity index is 0.00000271. The Morgan fingerprint density at radius 3 is 2.28 bits per heavy atom. The summed E-state index contributed by atoms with van der Waals surface area (Å²) in [5.41, 5.74) is 4.94. The Morgan fingerprint density at radius 2 is 1.66 bits per heavy atom. The molecule has 1 heterocycles. The maximum Gasteiger partial charge on any atom is 1.00 e. The van der Waals surface area contributed by atoms with E-state index in [-0.39, 0.29) is 79.8 Å². The zero-order valence-corrected chi connectivity index (χ0v) is 38.3. The number of allylic oxidation sites excluding steroid dienone is 5. The third-order valence-corrected chi connectivity index (χ3v) is 19.4. The van der Waals surface area contributed by atoms with Gasteiger partial charge < -0.3 is 25.6 Å².